The second kappa shape index (κ2) is 6.80. The summed E-state index contributed by atoms with van der Waals surface area (Å²) in [6.45, 7) is 0. The van der Waals surface area contributed by atoms with Crippen LogP contribution < -0.4 is 14.2 Å². The molecular formula is C17H15ClN2O4. The first-order valence-electron chi connectivity index (χ1n) is 7.07. The molecule has 2 heterocycles. The molecule has 6 nitrogen and oxygen atoms in total. The number of ether oxygens (including phenoxy) is 3. The number of aromatic nitrogens is 2. The Balaban J connectivity index is 2.19. The van der Waals surface area contributed by atoms with E-state index in [0.29, 0.717) is 39.4 Å². The highest BCUT2D eigenvalue weighted by atomic mass is 35.5. The smallest absolute Gasteiger partial charge is 0.221 e. The lowest BCUT2D eigenvalue weighted by atomic mass is 10.1. The van der Waals surface area contributed by atoms with Crippen molar-refractivity contribution in [2.24, 2.45) is 0 Å². The van der Waals surface area contributed by atoms with E-state index in [2.05, 4.69) is 9.97 Å². The van der Waals surface area contributed by atoms with Crippen molar-refractivity contribution in [2.45, 2.75) is 0 Å². The first-order valence-corrected chi connectivity index (χ1v) is 7.61. The summed E-state index contributed by atoms with van der Waals surface area (Å²) >= 11 is 5.65. The normalized spacial score (nSPS) is 10.6. The zero-order valence-corrected chi connectivity index (χ0v) is 13.9. The van der Waals surface area contributed by atoms with Gasteiger partial charge < -0.3 is 19.3 Å². The second-order valence-corrected chi connectivity index (χ2v) is 5.08. The quantitative estimate of drug-likeness (QED) is 0.712. The molecule has 7 heteroatoms. The fourth-order valence-electron chi connectivity index (χ4n) is 2.43. The minimum atomic E-state index is -0.0883. The summed E-state index contributed by atoms with van der Waals surface area (Å²) in [6, 6.07) is 8.72. The van der Waals surface area contributed by atoms with Crippen LogP contribution in [0.5, 0.6) is 23.1 Å². The number of hydrogen-bond acceptors (Lipinski definition) is 6. The van der Waals surface area contributed by atoms with Crippen LogP contribution in [0.25, 0.3) is 22.2 Å². The topological polar surface area (TPSA) is 73.7 Å². The van der Waals surface area contributed by atoms with E-state index < -0.39 is 0 Å². The van der Waals surface area contributed by atoms with Crippen molar-refractivity contribution in [2.75, 3.05) is 20.3 Å². The molecule has 124 valence electrons. The fourth-order valence-corrected chi connectivity index (χ4v) is 2.54. The van der Waals surface area contributed by atoms with E-state index in [1.54, 1.807) is 36.5 Å². The monoisotopic (exact) mass is 346 g/mol. The van der Waals surface area contributed by atoms with Crippen molar-refractivity contribution in [3.63, 3.8) is 0 Å². The Hall–Kier alpha value is -2.73. The molecule has 0 saturated carbocycles. The third-order valence-corrected chi connectivity index (χ3v) is 3.64. The van der Waals surface area contributed by atoms with E-state index in [0.717, 1.165) is 0 Å². The minimum absolute atomic E-state index is 0.0367. The average Bonchev–Trinajstić information content (AvgIpc) is 2.62. The predicted octanol–water partition coefficient (Wildman–Crippen LogP) is 3.59. The SMILES string of the molecule is COc1cc(-c2cc3ncccc3c(O)n2)cc(OC)c1OCCl. The number of pyridine rings is 2. The summed E-state index contributed by atoms with van der Waals surface area (Å²) in [6.07, 6.45) is 1.66. The van der Waals surface area contributed by atoms with Gasteiger partial charge >= 0.3 is 0 Å². The third-order valence-electron chi connectivity index (χ3n) is 3.53. The number of methoxy groups -OCH3 is 2. The van der Waals surface area contributed by atoms with Crippen LogP contribution in [0.4, 0.5) is 0 Å². The molecule has 24 heavy (non-hydrogen) atoms. The summed E-state index contributed by atoms with van der Waals surface area (Å²) in [5.74, 6) is 1.22. The van der Waals surface area contributed by atoms with Gasteiger partial charge in [-0.05, 0) is 30.3 Å². The van der Waals surface area contributed by atoms with Crippen LogP contribution in [0.3, 0.4) is 0 Å². The molecule has 0 aliphatic heterocycles. The van der Waals surface area contributed by atoms with Gasteiger partial charge in [0, 0.05) is 11.8 Å². The number of benzene rings is 1. The number of alkyl halides is 1. The van der Waals surface area contributed by atoms with Crippen LogP contribution in [0.2, 0.25) is 0 Å². The van der Waals surface area contributed by atoms with Crippen molar-refractivity contribution >= 4 is 22.5 Å². The van der Waals surface area contributed by atoms with Gasteiger partial charge in [0.15, 0.2) is 17.6 Å². The number of nitrogens with zero attached hydrogens (tertiary/aromatic N) is 2. The molecule has 0 fully saturated rings. The van der Waals surface area contributed by atoms with Gasteiger partial charge in [-0.2, -0.15) is 0 Å². The standard InChI is InChI=1S/C17H15ClN2O4/c1-22-14-6-10(7-15(23-2)16(14)24-9-18)12-8-13-11(17(21)20-12)4-3-5-19-13/h3-8H,9H2,1-2H3,(H,20,21). The molecule has 0 bridgehead atoms. The summed E-state index contributed by atoms with van der Waals surface area (Å²) in [5, 5.41) is 10.7. The first kappa shape index (κ1) is 16.1. The van der Waals surface area contributed by atoms with Gasteiger partial charge in [0.05, 0.1) is 30.8 Å². The maximum atomic E-state index is 10.1. The molecule has 1 N–H and O–H groups in total. The third kappa shape index (κ3) is 2.88. The van der Waals surface area contributed by atoms with E-state index in [1.807, 2.05) is 0 Å². The maximum Gasteiger partial charge on any atom is 0.221 e. The lowest BCUT2D eigenvalue weighted by molar-refractivity contribution is 0.313. The summed E-state index contributed by atoms with van der Waals surface area (Å²) in [4.78, 5) is 8.49. The van der Waals surface area contributed by atoms with Gasteiger partial charge in [0.2, 0.25) is 11.6 Å². The maximum absolute atomic E-state index is 10.1. The van der Waals surface area contributed by atoms with Crippen LogP contribution in [-0.2, 0) is 0 Å². The number of halogens is 1. The van der Waals surface area contributed by atoms with Gasteiger partial charge in [-0.3, -0.25) is 4.98 Å². The highest BCUT2D eigenvalue weighted by Gasteiger charge is 2.16. The largest absolute Gasteiger partial charge is 0.493 e. The zero-order valence-electron chi connectivity index (χ0n) is 13.1. The molecule has 0 saturated heterocycles. The van der Waals surface area contributed by atoms with E-state index >= 15 is 0 Å². The Morgan fingerprint density at radius 1 is 1.12 bits per heavy atom. The summed E-state index contributed by atoms with van der Waals surface area (Å²) < 4.78 is 16.1. The Bertz CT molecular complexity index is 861. The number of aromatic hydroxyl groups is 1. The van der Waals surface area contributed by atoms with E-state index in [-0.39, 0.29) is 11.9 Å². The minimum Gasteiger partial charge on any atom is -0.493 e. The molecule has 0 aliphatic rings. The Morgan fingerprint density at radius 3 is 2.46 bits per heavy atom. The molecule has 3 aromatic rings. The molecule has 1 aromatic carbocycles. The van der Waals surface area contributed by atoms with Crippen molar-refractivity contribution in [1.29, 1.82) is 0 Å². The number of fused-ring (bicyclic) bond motifs is 1. The molecule has 0 unspecified atom stereocenters. The van der Waals surface area contributed by atoms with E-state index in [4.69, 9.17) is 25.8 Å². The van der Waals surface area contributed by atoms with Crippen LogP contribution in [0.15, 0.2) is 36.5 Å². The van der Waals surface area contributed by atoms with Crippen LogP contribution in [0.1, 0.15) is 0 Å². The van der Waals surface area contributed by atoms with Gasteiger partial charge in [0.1, 0.15) is 0 Å². The lowest BCUT2D eigenvalue weighted by Gasteiger charge is -2.15. The first-order chi connectivity index (χ1) is 11.7. The zero-order chi connectivity index (χ0) is 17.1. The van der Waals surface area contributed by atoms with Crippen molar-refractivity contribution in [3.8, 4) is 34.4 Å². The van der Waals surface area contributed by atoms with Crippen LogP contribution in [0, 0.1) is 0 Å². The van der Waals surface area contributed by atoms with Crippen LogP contribution in [-0.4, -0.2) is 35.4 Å². The molecule has 0 amide bonds. The van der Waals surface area contributed by atoms with E-state index in [9.17, 15) is 5.11 Å². The number of hydrogen-bond donors (Lipinski definition) is 1. The van der Waals surface area contributed by atoms with Gasteiger partial charge in [-0.15, -0.1) is 0 Å². The van der Waals surface area contributed by atoms with Crippen molar-refractivity contribution < 1.29 is 19.3 Å². The molecule has 0 spiro atoms. The van der Waals surface area contributed by atoms with Crippen molar-refractivity contribution in [1.82, 2.24) is 9.97 Å². The molecule has 2 aromatic heterocycles. The Morgan fingerprint density at radius 2 is 1.83 bits per heavy atom. The molecule has 0 atom stereocenters. The lowest BCUT2D eigenvalue weighted by Crippen LogP contribution is -1.98. The highest BCUT2D eigenvalue weighted by Crippen LogP contribution is 2.42. The van der Waals surface area contributed by atoms with Gasteiger partial charge in [-0.1, -0.05) is 11.6 Å². The molecule has 0 aliphatic carbocycles. The van der Waals surface area contributed by atoms with Gasteiger partial charge in [-0.25, -0.2) is 4.98 Å². The number of rotatable bonds is 5. The molecule has 3 rings (SSSR count). The molecular weight excluding hydrogens is 332 g/mol. The fraction of sp³-hybridized carbons (Fsp3) is 0.176. The summed E-state index contributed by atoms with van der Waals surface area (Å²) in [7, 11) is 3.04. The van der Waals surface area contributed by atoms with Gasteiger partial charge in [0.25, 0.3) is 0 Å². The Labute approximate surface area is 143 Å². The second-order valence-electron chi connectivity index (χ2n) is 4.86. The van der Waals surface area contributed by atoms with Crippen LogP contribution >= 0.6 is 11.6 Å². The summed E-state index contributed by atoms with van der Waals surface area (Å²) in [5.41, 5.74) is 1.86. The highest BCUT2D eigenvalue weighted by molar-refractivity contribution is 6.17. The average molecular weight is 347 g/mol. The van der Waals surface area contributed by atoms with E-state index in [1.165, 1.54) is 14.2 Å². The van der Waals surface area contributed by atoms with Crippen molar-refractivity contribution in [3.05, 3.63) is 36.5 Å². The molecule has 0 radical (unpaired) electrons. The predicted molar refractivity (Wildman–Crippen MR) is 91.1 cm³/mol. The Kier molecular flexibility index (Phi) is 4.57.